The number of non-ortho nitro benzene ring substituents is 1. The molecule has 0 radical (unpaired) electrons. The summed E-state index contributed by atoms with van der Waals surface area (Å²) in [7, 11) is 0. The van der Waals surface area contributed by atoms with E-state index in [1.54, 1.807) is 12.3 Å². The molecule has 1 N–H and O–H groups in total. The standard InChI is InChI=1S/C13H15N5O2.ClH/c1-9-8-17(5-4-14-9)13-7-15-12-6-10(18(19)20)2-3-11(12)16-13;/h2-3,6-7,9,14H,4-5,8H2,1H3;1H. The summed E-state index contributed by atoms with van der Waals surface area (Å²) in [4.78, 5) is 21.3. The maximum atomic E-state index is 10.7. The minimum atomic E-state index is -0.424. The van der Waals surface area contributed by atoms with Crippen molar-refractivity contribution >= 4 is 34.9 Å². The van der Waals surface area contributed by atoms with Crippen LogP contribution in [-0.2, 0) is 0 Å². The molecule has 0 bridgehead atoms. The third-order valence-corrected chi connectivity index (χ3v) is 3.42. The number of aromatic nitrogens is 2. The lowest BCUT2D eigenvalue weighted by atomic mass is 10.2. The average molecular weight is 310 g/mol. The van der Waals surface area contributed by atoms with Crippen LogP contribution in [0.2, 0.25) is 0 Å². The summed E-state index contributed by atoms with van der Waals surface area (Å²) < 4.78 is 0. The molecule has 0 aliphatic carbocycles. The minimum absolute atomic E-state index is 0. The molecule has 8 heteroatoms. The van der Waals surface area contributed by atoms with E-state index < -0.39 is 4.92 Å². The molecular weight excluding hydrogens is 294 g/mol. The molecule has 112 valence electrons. The molecule has 1 aliphatic heterocycles. The number of fused-ring (bicyclic) bond motifs is 1. The van der Waals surface area contributed by atoms with Crippen LogP contribution in [0.4, 0.5) is 11.5 Å². The van der Waals surface area contributed by atoms with E-state index in [2.05, 4.69) is 27.1 Å². The third kappa shape index (κ3) is 3.20. The fourth-order valence-electron chi connectivity index (χ4n) is 2.40. The molecule has 0 amide bonds. The van der Waals surface area contributed by atoms with Gasteiger partial charge >= 0.3 is 0 Å². The number of anilines is 1. The highest BCUT2D eigenvalue weighted by Gasteiger charge is 2.17. The van der Waals surface area contributed by atoms with Crippen molar-refractivity contribution in [2.24, 2.45) is 0 Å². The van der Waals surface area contributed by atoms with E-state index in [0.717, 1.165) is 25.5 Å². The Morgan fingerprint density at radius 1 is 1.43 bits per heavy atom. The van der Waals surface area contributed by atoms with E-state index in [0.29, 0.717) is 17.1 Å². The van der Waals surface area contributed by atoms with Gasteiger partial charge in [-0.3, -0.25) is 15.1 Å². The molecule has 2 heterocycles. The van der Waals surface area contributed by atoms with Crippen molar-refractivity contribution in [3.8, 4) is 0 Å². The Morgan fingerprint density at radius 3 is 2.95 bits per heavy atom. The molecule has 1 fully saturated rings. The van der Waals surface area contributed by atoms with E-state index in [1.165, 1.54) is 12.1 Å². The Bertz CT molecular complexity index is 666. The molecule has 1 unspecified atom stereocenters. The van der Waals surface area contributed by atoms with Gasteiger partial charge in [0.25, 0.3) is 5.69 Å². The number of hydrogen-bond donors (Lipinski definition) is 1. The van der Waals surface area contributed by atoms with E-state index in [1.807, 2.05) is 0 Å². The molecule has 1 saturated heterocycles. The Hall–Kier alpha value is -1.99. The molecule has 7 nitrogen and oxygen atoms in total. The van der Waals surface area contributed by atoms with Gasteiger partial charge in [0.15, 0.2) is 0 Å². The number of halogens is 1. The van der Waals surface area contributed by atoms with E-state index in [9.17, 15) is 10.1 Å². The van der Waals surface area contributed by atoms with Crippen molar-refractivity contribution in [2.75, 3.05) is 24.5 Å². The number of benzene rings is 1. The fourth-order valence-corrected chi connectivity index (χ4v) is 2.40. The Balaban J connectivity index is 0.00000161. The number of nitro groups is 1. The van der Waals surface area contributed by atoms with E-state index >= 15 is 0 Å². The first-order chi connectivity index (χ1) is 9.63. The van der Waals surface area contributed by atoms with Crippen molar-refractivity contribution in [3.63, 3.8) is 0 Å². The monoisotopic (exact) mass is 309 g/mol. The van der Waals surface area contributed by atoms with Gasteiger partial charge in [0.1, 0.15) is 5.82 Å². The summed E-state index contributed by atoms with van der Waals surface area (Å²) in [6.07, 6.45) is 1.68. The second-order valence-electron chi connectivity index (χ2n) is 4.96. The number of nitrogens with one attached hydrogen (secondary N) is 1. The normalized spacial score (nSPS) is 18.3. The zero-order chi connectivity index (χ0) is 14.1. The SMILES string of the molecule is CC1CN(c2cnc3cc([N+](=O)[O-])ccc3n2)CCN1.Cl. The van der Waals surface area contributed by atoms with Gasteiger partial charge in [-0.15, -0.1) is 12.4 Å². The van der Waals surface area contributed by atoms with Crippen LogP contribution in [0.3, 0.4) is 0 Å². The largest absolute Gasteiger partial charge is 0.352 e. The highest BCUT2D eigenvalue weighted by molar-refractivity contribution is 5.85. The number of rotatable bonds is 2. The fraction of sp³-hybridized carbons (Fsp3) is 0.385. The van der Waals surface area contributed by atoms with Gasteiger partial charge < -0.3 is 10.2 Å². The molecule has 0 spiro atoms. The first-order valence-corrected chi connectivity index (χ1v) is 6.53. The lowest BCUT2D eigenvalue weighted by Crippen LogP contribution is -2.49. The second kappa shape index (κ2) is 6.19. The highest BCUT2D eigenvalue weighted by Crippen LogP contribution is 2.21. The summed E-state index contributed by atoms with van der Waals surface area (Å²) in [5, 5.41) is 14.1. The van der Waals surface area contributed by atoms with Crippen LogP contribution in [0.5, 0.6) is 0 Å². The molecule has 2 aromatic rings. The predicted octanol–water partition coefficient (Wildman–Crippen LogP) is 1.76. The van der Waals surface area contributed by atoms with Crippen LogP contribution >= 0.6 is 12.4 Å². The van der Waals surface area contributed by atoms with Gasteiger partial charge in [0.2, 0.25) is 0 Å². The predicted molar refractivity (Wildman–Crippen MR) is 83.1 cm³/mol. The van der Waals surface area contributed by atoms with Gasteiger partial charge in [0, 0.05) is 37.8 Å². The summed E-state index contributed by atoms with van der Waals surface area (Å²) in [6.45, 7) is 4.82. The topological polar surface area (TPSA) is 84.2 Å². The molecular formula is C13H16ClN5O2. The smallest absolute Gasteiger partial charge is 0.271 e. The summed E-state index contributed by atoms with van der Waals surface area (Å²) >= 11 is 0. The van der Waals surface area contributed by atoms with Crippen molar-refractivity contribution in [3.05, 3.63) is 34.5 Å². The molecule has 1 aromatic carbocycles. The summed E-state index contributed by atoms with van der Waals surface area (Å²) in [5.74, 6) is 0.819. The maximum Gasteiger partial charge on any atom is 0.271 e. The molecule has 1 aromatic heterocycles. The van der Waals surface area contributed by atoms with Crippen LogP contribution in [0.1, 0.15) is 6.92 Å². The van der Waals surface area contributed by atoms with Crippen LogP contribution in [-0.4, -0.2) is 40.6 Å². The second-order valence-corrected chi connectivity index (χ2v) is 4.96. The molecule has 0 saturated carbocycles. The van der Waals surface area contributed by atoms with Crippen molar-refractivity contribution < 1.29 is 4.92 Å². The van der Waals surface area contributed by atoms with Gasteiger partial charge in [0.05, 0.1) is 22.2 Å². The van der Waals surface area contributed by atoms with Gasteiger partial charge in [-0.2, -0.15) is 0 Å². The van der Waals surface area contributed by atoms with E-state index in [4.69, 9.17) is 0 Å². The molecule has 21 heavy (non-hydrogen) atoms. The minimum Gasteiger partial charge on any atom is -0.352 e. The van der Waals surface area contributed by atoms with Gasteiger partial charge in [-0.1, -0.05) is 0 Å². The van der Waals surface area contributed by atoms with Crippen LogP contribution < -0.4 is 10.2 Å². The zero-order valence-electron chi connectivity index (χ0n) is 11.5. The Morgan fingerprint density at radius 2 is 2.24 bits per heavy atom. The number of nitrogens with zero attached hydrogens (tertiary/aromatic N) is 4. The van der Waals surface area contributed by atoms with Gasteiger partial charge in [-0.25, -0.2) is 4.98 Å². The average Bonchev–Trinajstić information content (AvgIpc) is 2.46. The first kappa shape index (κ1) is 15.4. The molecule has 1 aliphatic rings. The lowest BCUT2D eigenvalue weighted by molar-refractivity contribution is -0.384. The van der Waals surface area contributed by atoms with Crippen LogP contribution in [0, 0.1) is 10.1 Å². The zero-order valence-corrected chi connectivity index (χ0v) is 12.3. The number of hydrogen-bond acceptors (Lipinski definition) is 6. The van der Waals surface area contributed by atoms with Crippen LogP contribution in [0.15, 0.2) is 24.4 Å². The summed E-state index contributed by atoms with van der Waals surface area (Å²) in [5.41, 5.74) is 1.26. The van der Waals surface area contributed by atoms with Gasteiger partial charge in [-0.05, 0) is 13.0 Å². The lowest BCUT2D eigenvalue weighted by Gasteiger charge is -2.32. The van der Waals surface area contributed by atoms with Crippen LogP contribution in [0.25, 0.3) is 11.0 Å². The quantitative estimate of drug-likeness (QED) is 0.672. The molecule has 1 atom stereocenters. The summed E-state index contributed by atoms with van der Waals surface area (Å²) in [6, 6.07) is 4.97. The van der Waals surface area contributed by atoms with Crippen molar-refractivity contribution in [1.29, 1.82) is 0 Å². The number of piperazine rings is 1. The number of nitro benzene ring substituents is 1. The Labute approximate surface area is 127 Å². The van der Waals surface area contributed by atoms with Crippen molar-refractivity contribution in [2.45, 2.75) is 13.0 Å². The van der Waals surface area contributed by atoms with E-state index in [-0.39, 0.29) is 18.1 Å². The molecule has 3 rings (SSSR count). The first-order valence-electron chi connectivity index (χ1n) is 6.53. The maximum absolute atomic E-state index is 10.7. The Kier molecular flexibility index (Phi) is 4.54. The van der Waals surface area contributed by atoms with Crippen molar-refractivity contribution in [1.82, 2.24) is 15.3 Å². The highest BCUT2D eigenvalue weighted by atomic mass is 35.5. The third-order valence-electron chi connectivity index (χ3n) is 3.42.